The van der Waals surface area contributed by atoms with Gasteiger partial charge in [0.1, 0.15) is 17.5 Å². The Morgan fingerprint density at radius 1 is 1.06 bits per heavy atom. The van der Waals surface area contributed by atoms with Gasteiger partial charge < -0.3 is 10.0 Å². The topological polar surface area (TPSA) is 75.4 Å². The van der Waals surface area contributed by atoms with Gasteiger partial charge in [0.2, 0.25) is 5.43 Å². The van der Waals surface area contributed by atoms with Crippen molar-refractivity contribution in [1.82, 2.24) is 14.7 Å². The van der Waals surface area contributed by atoms with E-state index in [2.05, 4.69) is 5.10 Å². The number of hydrogen-bond acceptors (Lipinski definition) is 4. The Balaban J connectivity index is 1.82. The zero-order chi connectivity index (χ0) is 22.6. The zero-order valence-electron chi connectivity index (χ0n) is 16.7. The van der Waals surface area contributed by atoms with Crippen molar-refractivity contribution in [1.29, 1.82) is 0 Å². The van der Waals surface area contributed by atoms with Crippen LogP contribution in [0, 0.1) is 17.5 Å². The summed E-state index contributed by atoms with van der Waals surface area (Å²) in [5, 5.41) is 14.5. The fourth-order valence-corrected chi connectivity index (χ4v) is 4.99. The summed E-state index contributed by atoms with van der Waals surface area (Å²) in [5.41, 5.74) is -0.807. The van der Waals surface area contributed by atoms with Crippen molar-refractivity contribution in [3.8, 4) is 5.75 Å². The van der Waals surface area contributed by atoms with Gasteiger partial charge in [0.05, 0.1) is 18.3 Å². The van der Waals surface area contributed by atoms with E-state index in [1.807, 2.05) is 0 Å². The molecular weight excluding hydrogens is 423 g/mol. The van der Waals surface area contributed by atoms with E-state index < -0.39 is 52.5 Å². The van der Waals surface area contributed by atoms with Crippen LogP contribution in [0.4, 0.5) is 13.2 Å². The van der Waals surface area contributed by atoms with Crippen LogP contribution < -0.4 is 5.43 Å². The second-order valence-corrected chi connectivity index (χ2v) is 8.05. The van der Waals surface area contributed by atoms with Gasteiger partial charge in [-0.15, -0.1) is 0 Å². The normalized spacial score (nSPS) is 20.7. The van der Waals surface area contributed by atoms with E-state index in [9.17, 15) is 23.5 Å². The molecule has 2 aliphatic heterocycles. The van der Waals surface area contributed by atoms with Gasteiger partial charge in [0.25, 0.3) is 5.91 Å². The number of hydrogen-bond donors (Lipinski definition) is 1. The van der Waals surface area contributed by atoms with Gasteiger partial charge in [-0.05, 0) is 42.2 Å². The molecule has 1 fully saturated rings. The lowest BCUT2D eigenvalue weighted by Gasteiger charge is -2.42. The zero-order valence-corrected chi connectivity index (χ0v) is 16.7. The Kier molecular flexibility index (Phi) is 4.76. The van der Waals surface area contributed by atoms with Gasteiger partial charge in [0.15, 0.2) is 11.4 Å². The third-order valence-electron chi connectivity index (χ3n) is 6.25. The van der Waals surface area contributed by atoms with Crippen LogP contribution in [0.5, 0.6) is 5.75 Å². The second-order valence-electron chi connectivity index (χ2n) is 8.05. The minimum absolute atomic E-state index is 0.157. The van der Waals surface area contributed by atoms with E-state index in [1.54, 1.807) is 6.07 Å². The second kappa shape index (κ2) is 7.51. The monoisotopic (exact) mass is 441 g/mol. The van der Waals surface area contributed by atoms with Crippen LogP contribution in [0.3, 0.4) is 0 Å². The molecule has 3 heterocycles. The SMILES string of the molecule is O=C1c2c(O)c(=O)cnn2[C@@H](C(c2cc(F)cc(F)c2)c2ccccc2F)[C@H]2CCCN12. The van der Waals surface area contributed by atoms with Crippen molar-refractivity contribution < 1.29 is 23.1 Å². The molecule has 5 rings (SSSR count). The van der Waals surface area contributed by atoms with E-state index in [0.717, 1.165) is 24.4 Å². The molecule has 1 N–H and O–H groups in total. The quantitative estimate of drug-likeness (QED) is 0.677. The maximum atomic E-state index is 15.0. The van der Waals surface area contributed by atoms with E-state index in [-0.39, 0.29) is 16.8 Å². The van der Waals surface area contributed by atoms with Crippen LogP contribution >= 0.6 is 0 Å². The van der Waals surface area contributed by atoms with Gasteiger partial charge in [-0.25, -0.2) is 13.2 Å². The van der Waals surface area contributed by atoms with Crippen molar-refractivity contribution in [2.75, 3.05) is 6.54 Å². The maximum absolute atomic E-state index is 15.0. The first-order valence-corrected chi connectivity index (χ1v) is 10.2. The number of fused-ring (bicyclic) bond motifs is 2. The Morgan fingerprint density at radius 3 is 2.50 bits per heavy atom. The summed E-state index contributed by atoms with van der Waals surface area (Å²) in [6, 6.07) is 7.56. The summed E-state index contributed by atoms with van der Waals surface area (Å²) in [5.74, 6) is -4.49. The van der Waals surface area contributed by atoms with Crippen molar-refractivity contribution in [2.24, 2.45) is 0 Å². The van der Waals surface area contributed by atoms with E-state index in [1.165, 1.54) is 27.8 Å². The number of aromatic nitrogens is 2. The first-order valence-electron chi connectivity index (χ1n) is 10.2. The van der Waals surface area contributed by atoms with E-state index in [4.69, 9.17) is 0 Å². The maximum Gasteiger partial charge on any atom is 0.276 e. The molecule has 3 atom stereocenters. The minimum Gasteiger partial charge on any atom is -0.502 e. The van der Waals surface area contributed by atoms with Crippen LogP contribution in [0.1, 0.15) is 46.4 Å². The molecule has 1 aromatic heterocycles. The first kappa shape index (κ1) is 20.3. The lowest BCUT2D eigenvalue weighted by atomic mass is 9.79. The van der Waals surface area contributed by atoms with Crippen molar-refractivity contribution in [2.45, 2.75) is 30.8 Å². The fraction of sp³-hybridized carbons (Fsp3) is 0.261. The highest BCUT2D eigenvalue weighted by Gasteiger charge is 2.48. The molecule has 1 amide bonds. The molecular formula is C23H18F3N3O3. The van der Waals surface area contributed by atoms with Crippen LogP contribution in [-0.2, 0) is 0 Å². The van der Waals surface area contributed by atoms with Gasteiger partial charge in [-0.1, -0.05) is 18.2 Å². The average molecular weight is 441 g/mol. The molecule has 32 heavy (non-hydrogen) atoms. The molecule has 6 nitrogen and oxygen atoms in total. The lowest BCUT2D eigenvalue weighted by molar-refractivity contribution is 0.0564. The van der Waals surface area contributed by atoms with Crippen LogP contribution in [0.25, 0.3) is 0 Å². The predicted molar refractivity (Wildman–Crippen MR) is 108 cm³/mol. The van der Waals surface area contributed by atoms with Crippen molar-refractivity contribution in [3.05, 3.63) is 93.2 Å². The minimum atomic E-state index is -0.951. The third-order valence-corrected chi connectivity index (χ3v) is 6.25. The van der Waals surface area contributed by atoms with Gasteiger partial charge in [0, 0.05) is 18.5 Å². The highest BCUT2D eigenvalue weighted by molar-refractivity contribution is 5.96. The number of benzene rings is 2. The molecule has 0 aliphatic carbocycles. The molecule has 0 bridgehead atoms. The summed E-state index contributed by atoms with van der Waals surface area (Å²) >= 11 is 0. The summed E-state index contributed by atoms with van der Waals surface area (Å²) < 4.78 is 44.7. The standard InChI is InChI=1S/C23H18F3N3O3/c24-13-8-12(9-14(25)10-13)19(15-4-1-2-5-16(15)26)20-17-6-3-7-28(17)23(32)21-22(31)18(30)11-27-29(20)21/h1-2,4-5,8-11,17,19-20,31H,3,6-7H2/t17-,19?,20-/m1/s1. The number of carbonyl (C=O) groups is 1. The number of rotatable bonds is 3. The summed E-state index contributed by atoms with van der Waals surface area (Å²) in [4.78, 5) is 26.6. The smallest absolute Gasteiger partial charge is 0.276 e. The van der Waals surface area contributed by atoms with Gasteiger partial charge >= 0.3 is 0 Å². The molecule has 0 spiro atoms. The lowest BCUT2D eigenvalue weighted by Crippen LogP contribution is -2.51. The first-order chi connectivity index (χ1) is 15.4. The van der Waals surface area contributed by atoms with Gasteiger partial charge in [-0.3, -0.25) is 14.3 Å². The molecule has 0 saturated carbocycles. The third kappa shape index (κ3) is 3.07. The van der Waals surface area contributed by atoms with Crippen LogP contribution in [0.2, 0.25) is 0 Å². The summed E-state index contributed by atoms with van der Waals surface area (Å²) in [7, 11) is 0. The number of nitrogens with zero attached hydrogens (tertiary/aromatic N) is 3. The van der Waals surface area contributed by atoms with E-state index >= 15 is 4.39 Å². The summed E-state index contributed by atoms with van der Waals surface area (Å²) in [6.07, 6.45) is 2.08. The predicted octanol–water partition coefficient (Wildman–Crippen LogP) is 3.36. The molecule has 164 valence electrons. The van der Waals surface area contributed by atoms with Gasteiger partial charge in [-0.2, -0.15) is 5.10 Å². The van der Waals surface area contributed by atoms with Crippen LogP contribution in [0.15, 0.2) is 53.5 Å². The molecule has 3 aromatic rings. The van der Waals surface area contributed by atoms with Crippen LogP contribution in [-0.4, -0.2) is 38.3 Å². The number of halogens is 3. The Morgan fingerprint density at radius 2 is 1.78 bits per heavy atom. The molecule has 2 aliphatic rings. The Hall–Kier alpha value is -3.62. The van der Waals surface area contributed by atoms with Crippen molar-refractivity contribution >= 4 is 5.91 Å². The number of aromatic hydroxyl groups is 1. The highest BCUT2D eigenvalue weighted by atomic mass is 19.1. The molecule has 0 radical (unpaired) electrons. The Bertz CT molecular complexity index is 1270. The van der Waals surface area contributed by atoms with Crippen molar-refractivity contribution in [3.63, 3.8) is 0 Å². The average Bonchev–Trinajstić information content (AvgIpc) is 3.23. The number of amides is 1. The molecule has 1 unspecified atom stereocenters. The Labute approximate surface area is 180 Å². The molecule has 1 saturated heterocycles. The summed E-state index contributed by atoms with van der Waals surface area (Å²) in [6.45, 7) is 0.379. The molecule has 9 heteroatoms. The number of carbonyl (C=O) groups excluding carboxylic acids is 1. The van der Waals surface area contributed by atoms with E-state index in [0.29, 0.717) is 19.4 Å². The molecule has 2 aromatic carbocycles. The largest absolute Gasteiger partial charge is 0.502 e. The highest BCUT2D eigenvalue weighted by Crippen LogP contribution is 2.46. The fourth-order valence-electron chi connectivity index (χ4n) is 4.99.